The molecule has 0 saturated carbocycles. The van der Waals surface area contributed by atoms with Crippen LogP contribution in [0.1, 0.15) is 20.3 Å². The second-order valence-electron chi connectivity index (χ2n) is 3.73. The van der Waals surface area contributed by atoms with Gasteiger partial charge in [0, 0.05) is 7.05 Å². The molecule has 1 heterocycles. The number of carbonyl (C=O) groups is 1. The van der Waals surface area contributed by atoms with Gasteiger partial charge >= 0.3 is 0 Å². The Hall–Kier alpha value is -0.650. The number of amides is 1. The van der Waals surface area contributed by atoms with E-state index in [-0.39, 0.29) is 18.4 Å². The third kappa shape index (κ3) is 2.94. The third-order valence-corrected chi connectivity index (χ3v) is 2.09. The molecule has 0 bridgehead atoms. The average molecular weight is 203 g/mol. The van der Waals surface area contributed by atoms with Crippen LogP contribution in [0.3, 0.4) is 0 Å². The van der Waals surface area contributed by atoms with Crippen LogP contribution in [0, 0.1) is 0 Å². The molecule has 1 rings (SSSR count). The summed E-state index contributed by atoms with van der Waals surface area (Å²) in [6, 6.07) is 0. The van der Waals surface area contributed by atoms with Crippen LogP contribution in [-0.2, 0) is 19.1 Å². The zero-order chi connectivity index (χ0) is 10.8. The number of ether oxygens (including phenoxy) is 2. The maximum absolute atomic E-state index is 11.4. The van der Waals surface area contributed by atoms with Crippen molar-refractivity contribution in [3.63, 3.8) is 0 Å². The summed E-state index contributed by atoms with van der Waals surface area (Å²) in [6.45, 7) is 4.12. The summed E-state index contributed by atoms with van der Waals surface area (Å²) in [5.74, 6) is -0.685. The molecule has 0 aromatic carbocycles. The highest BCUT2D eigenvalue weighted by molar-refractivity contribution is 5.75. The molecule has 5 nitrogen and oxygen atoms in total. The molecule has 1 atom stereocenters. The smallest absolute Gasteiger partial charge is 0.248 e. The van der Waals surface area contributed by atoms with Crippen molar-refractivity contribution in [3.8, 4) is 0 Å². The van der Waals surface area contributed by atoms with Crippen LogP contribution in [0.25, 0.3) is 0 Å². The maximum atomic E-state index is 11.4. The molecule has 0 aromatic heterocycles. The molecule has 5 heteroatoms. The van der Waals surface area contributed by atoms with E-state index in [4.69, 9.17) is 14.3 Å². The van der Waals surface area contributed by atoms with Gasteiger partial charge in [0.05, 0.1) is 26.2 Å². The van der Waals surface area contributed by atoms with E-state index in [2.05, 4.69) is 0 Å². The summed E-state index contributed by atoms with van der Waals surface area (Å²) in [4.78, 5) is 16.2. The Morgan fingerprint density at radius 2 is 2.29 bits per heavy atom. The standard InChI is InChI=1S/C9H17NO4/c1-9(2)13-6-7(14-9)5-8(11)10(3)12-4/h7H,5-6H2,1-4H3/t7-/m0/s1. The Morgan fingerprint density at radius 1 is 1.64 bits per heavy atom. The van der Waals surface area contributed by atoms with Gasteiger partial charge in [0.2, 0.25) is 5.91 Å². The predicted molar refractivity (Wildman–Crippen MR) is 49.3 cm³/mol. The molecular formula is C9H17NO4. The average Bonchev–Trinajstić information content (AvgIpc) is 2.44. The highest BCUT2D eigenvalue weighted by Gasteiger charge is 2.34. The van der Waals surface area contributed by atoms with Crippen molar-refractivity contribution in [2.24, 2.45) is 0 Å². The van der Waals surface area contributed by atoms with Gasteiger partial charge in [0.1, 0.15) is 0 Å². The molecule has 0 aliphatic carbocycles. The van der Waals surface area contributed by atoms with E-state index in [1.807, 2.05) is 13.8 Å². The van der Waals surface area contributed by atoms with Crippen LogP contribution >= 0.6 is 0 Å². The molecular weight excluding hydrogens is 186 g/mol. The van der Waals surface area contributed by atoms with E-state index >= 15 is 0 Å². The van der Waals surface area contributed by atoms with Gasteiger partial charge in [-0.3, -0.25) is 9.63 Å². The van der Waals surface area contributed by atoms with Gasteiger partial charge in [0.25, 0.3) is 0 Å². The quantitative estimate of drug-likeness (QED) is 0.628. The number of carbonyl (C=O) groups excluding carboxylic acids is 1. The van der Waals surface area contributed by atoms with Gasteiger partial charge in [-0.2, -0.15) is 0 Å². The Kier molecular flexibility index (Phi) is 3.47. The summed E-state index contributed by atoms with van der Waals surface area (Å²) < 4.78 is 10.8. The highest BCUT2D eigenvalue weighted by atomic mass is 16.7. The zero-order valence-electron chi connectivity index (χ0n) is 9.07. The molecule has 1 fully saturated rings. The second kappa shape index (κ2) is 4.25. The van der Waals surface area contributed by atoms with E-state index < -0.39 is 5.79 Å². The minimum absolute atomic E-state index is 0.112. The fourth-order valence-corrected chi connectivity index (χ4v) is 1.29. The van der Waals surface area contributed by atoms with Gasteiger partial charge in [-0.15, -0.1) is 0 Å². The molecule has 82 valence electrons. The predicted octanol–water partition coefficient (Wildman–Crippen LogP) is 0.548. The van der Waals surface area contributed by atoms with Crippen LogP contribution in [0.5, 0.6) is 0 Å². The topological polar surface area (TPSA) is 48.0 Å². The number of hydrogen-bond donors (Lipinski definition) is 0. The second-order valence-corrected chi connectivity index (χ2v) is 3.73. The number of rotatable bonds is 3. The van der Waals surface area contributed by atoms with Gasteiger partial charge in [0.15, 0.2) is 5.79 Å². The van der Waals surface area contributed by atoms with E-state index in [9.17, 15) is 4.79 Å². The Bertz CT molecular complexity index is 217. The fraction of sp³-hybridized carbons (Fsp3) is 0.889. The van der Waals surface area contributed by atoms with Crippen LogP contribution < -0.4 is 0 Å². The van der Waals surface area contributed by atoms with E-state index in [1.165, 1.54) is 12.2 Å². The van der Waals surface area contributed by atoms with Gasteiger partial charge in [-0.1, -0.05) is 0 Å². The van der Waals surface area contributed by atoms with Crippen LogP contribution in [0.2, 0.25) is 0 Å². The Morgan fingerprint density at radius 3 is 2.71 bits per heavy atom. The molecule has 0 radical (unpaired) electrons. The first-order valence-electron chi connectivity index (χ1n) is 4.57. The van der Waals surface area contributed by atoms with E-state index in [0.29, 0.717) is 6.61 Å². The van der Waals surface area contributed by atoms with Crippen molar-refractivity contribution in [2.45, 2.75) is 32.2 Å². The van der Waals surface area contributed by atoms with Crippen LogP contribution in [0.4, 0.5) is 0 Å². The molecule has 0 aromatic rings. The minimum Gasteiger partial charge on any atom is -0.348 e. The number of hydroxylamine groups is 2. The van der Waals surface area contributed by atoms with Crippen molar-refractivity contribution in [1.29, 1.82) is 0 Å². The Labute approximate surface area is 83.9 Å². The molecule has 0 N–H and O–H groups in total. The summed E-state index contributed by atoms with van der Waals surface area (Å²) >= 11 is 0. The van der Waals surface area contributed by atoms with Gasteiger partial charge in [-0.05, 0) is 13.8 Å². The van der Waals surface area contributed by atoms with Gasteiger partial charge in [-0.25, -0.2) is 5.06 Å². The third-order valence-electron chi connectivity index (χ3n) is 2.09. The molecule has 1 aliphatic heterocycles. The monoisotopic (exact) mass is 203 g/mol. The fourth-order valence-electron chi connectivity index (χ4n) is 1.29. The van der Waals surface area contributed by atoms with Crippen LogP contribution in [-0.4, -0.2) is 43.6 Å². The van der Waals surface area contributed by atoms with Crippen molar-refractivity contribution in [1.82, 2.24) is 5.06 Å². The van der Waals surface area contributed by atoms with Crippen molar-refractivity contribution in [2.75, 3.05) is 20.8 Å². The largest absolute Gasteiger partial charge is 0.348 e. The van der Waals surface area contributed by atoms with Crippen molar-refractivity contribution in [3.05, 3.63) is 0 Å². The van der Waals surface area contributed by atoms with Gasteiger partial charge < -0.3 is 9.47 Å². The molecule has 0 spiro atoms. The summed E-state index contributed by atoms with van der Waals surface area (Å²) in [7, 11) is 3.02. The first-order valence-corrected chi connectivity index (χ1v) is 4.57. The lowest BCUT2D eigenvalue weighted by atomic mass is 10.2. The molecule has 1 saturated heterocycles. The van der Waals surface area contributed by atoms with E-state index in [1.54, 1.807) is 7.05 Å². The number of nitrogens with zero attached hydrogens (tertiary/aromatic N) is 1. The van der Waals surface area contributed by atoms with Crippen molar-refractivity contribution >= 4 is 5.91 Å². The Balaban J connectivity index is 2.36. The number of hydrogen-bond acceptors (Lipinski definition) is 4. The lowest BCUT2D eigenvalue weighted by Crippen LogP contribution is -2.30. The highest BCUT2D eigenvalue weighted by Crippen LogP contribution is 2.24. The molecule has 0 unspecified atom stereocenters. The normalized spacial score (nSPS) is 25.0. The minimum atomic E-state index is -0.573. The molecule has 1 amide bonds. The molecule has 14 heavy (non-hydrogen) atoms. The summed E-state index contributed by atoms with van der Waals surface area (Å²) in [5, 5.41) is 1.19. The SMILES string of the molecule is CON(C)C(=O)C[C@H]1COC(C)(C)O1. The first-order chi connectivity index (χ1) is 6.44. The summed E-state index contributed by atoms with van der Waals surface area (Å²) in [6.07, 6.45) is 0.114. The lowest BCUT2D eigenvalue weighted by molar-refractivity contribution is -0.174. The zero-order valence-corrected chi connectivity index (χ0v) is 9.07. The first kappa shape index (κ1) is 11.4. The van der Waals surface area contributed by atoms with E-state index in [0.717, 1.165) is 0 Å². The van der Waals surface area contributed by atoms with Crippen LogP contribution in [0.15, 0.2) is 0 Å². The van der Waals surface area contributed by atoms with Crippen molar-refractivity contribution < 1.29 is 19.1 Å². The molecule has 1 aliphatic rings. The lowest BCUT2D eigenvalue weighted by Gasteiger charge is -2.18. The summed E-state index contributed by atoms with van der Waals surface area (Å²) in [5.41, 5.74) is 0. The maximum Gasteiger partial charge on any atom is 0.248 e.